The van der Waals surface area contributed by atoms with Crippen LogP contribution in [-0.2, 0) is 0 Å². The summed E-state index contributed by atoms with van der Waals surface area (Å²) in [4.78, 5) is 22.7. The number of aliphatic hydroxyl groups is 1. The lowest BCUT2D eigenvalue weighted by atomic mass is 10.1. The third-order valence-corrected chi connectivity index (χ3v) is 2.98. The van der Waals surface area contributed by atoms with Crippen LogP contribution in [0.4, 0.5) is 15.8 Å². The third-order valence-electron chi connectivity index (χ3n) is 2.98. The predicted octanol–water partition coefficient (Wildman–Crippen LogP) is 2.03. The van der Waals surface area contributed by atoms with Gasteiger partial charge < -0.3 is 15.1 Å². The first kappa shape index (κ1) is 16.8. The van der Waals surface area contributed by atoms with Gasteiger partial charge in [-0.1, -0.05) is 13.3 Å². The van der Waals surface area contributed by atoms with E-state index in [1.807, 2.05) is 6.92 Å². The van der Waals surface area contributed by atoms with Crippen molar-refractivity contribution in [3.8, 4) is 0 Å². The van der Waals surface area contributed by atoms with Crippen molar-refractivity contribution in [3.63, 3.8) is 0 Å². The van der Waals surface area contributed by atoms with Gasteiger partial charge in [0.15, 0.2) is 0 Å². The number of benzene rings is 1. The van der Waals surface area contributed by atoms with Gasteiger partial charge in [0, 0.05) is 13.1 Å². The van der Waals surface area contributed by atoms with Crippen molar-refractivity contribution >= 4 is 17.3 Å². The fraction of sp³-hybridized carbons (Fsp3) is 0.462. The monoisotopic (exact) mass is 300 g/mol. The first-order chi connectivity index (χ1) is 9.92. The number of nitrogens with zero attached hydrogens (tertiary/aromatic N) is 2. The van der Waals surface area contributed by atoms with Crippen molar-refractivity contribution in [2.45, 2.75) is 19.8 Å². The summed E-state index contributed by atoms with van der Waals surface area (Å²) >= 11 is 0. The number of carboxylic acid groups (broad SMARTS) is 1. The Balaban J connectivity index is 3.36. The molecule has 0 bridgehead atoms. The minimum Gasteiger partial charge on any atom is -0.478 e. The highest BCUT2D eigenvalue weighted by Gasteiger charge is 2.24. The van der Waals surface area contributed by atoms with Gasteiger partial charge in [-0.05, 0) is 12.5 Å². The number of anilines is 1. The predicted molar refractivity (Wildman–Crippen MR) is 74.2 cm³/mol. The first-order valence-corrected chi connectivity index (χ1v) is 6.49. The molecule has 2 N–H and O–H groups in total. The molecule has 0 fully saturated rings. The van der Waals surface area contributed by atoms with Gasteiger partial charge in [-0.25, -0.2) is 9.18 Å². The van der Waals surface area contributed by atoms with Crippen LogP contribution in [0.5, 0.6) is 0 Å². The second kappa shape index (κ2) is 7.53. The number of unbranched alkanes of at least 4 members (excludes halogenated alkanes) is 1. The van der Waals surface area contributed by atoms with Crippen molar-refractivity contribution in [1.82, 2.24) is 0 Å². The zero-order chi connectivity index (χ0) is 16.0. The molecule has 21 heavy (non-hydrogen) atoms. The van der Waals surface area contributed by atoms with Crippen LogP contribution < -0.4 is 4.90 Å². The Labute approximate surface area is 120 Å². The van der Waals surface area contributed by atoms with Gasteiger partial charge in [-0.2, -0.15) is 0 Å². The number of halogens is 1. The van der Waals surface area contributed by atoms with E-state index in [1.54, 1.807) is 0 Å². The topological polar surface area (TPSA) is 104 Å². The van der Waals surface area contributed by atoms with Gasteiger partial charge in [0.1, 0.15) is 11.5 Å². The average Bonchev–Trinajstić information content (AvgIpc) is 2.42. The maximum absolute atomic E-state index is 13.6. The Hall–Kier alpha value is -2.22. The van der Waals surface area contributed by atoms with Crippen LogP contribution in [0.2, 0.25) is 0 Å². The fourth-order valence-corrected chi connectivity index (χ4v) is 1.94. The molecule has 1 rings (SSSR count). The summed E-state index contributed by atoms with van der Waals surface area (Å²) < 4.78 is 13.6. The van der Waals surface area contributed by atoms with Crippen LogP contribution in [0.1, 0.15) is 30.1 Å². The molecule has 0 heterocycles. The maximum Gasteiger partial charge on any atom is 0.338 e. The van der Waals surface area contributed by atoms with E-state index in [0.29, 0.717) is 19.0 Å². The largest absolute Gasteiger partial charge is 0.478 e. The summed E-state index contributed by atoms with van der Waals surface area (Å²) in [5.41, 5.74) is -1.14. The van der Waals surface area contributed by atoms with E-state index < -0.39 is 28.0 Å². The molecule has 0 radical (unpaired) electrons. The zero-order valence-corrected chi connectivity index (χ0v) is 11.6. The maximum atomic E-state index is 13.6. The summed E-state index contributed by atoms with van der Waals surface area (Å²) in [6, 6.07) is 1.55. The van der Waals surface area contributed by atoms with Gasteiger partial charge in [-0.15, -0.1) is 0 Å². The number of aromatic carboxylic acids is 1. The van der Waals surface area contributed by atoms with Crippen LogP contribution in [-0.4, -0.2) is 40.8 Å². The highest BCUT2D eigenvalue weighted by molar-refractivity contribution is 5.90. The quantitative estimate of drug-likeness (QED) is 0.562. The molecule has 0 saturated heterocycles. The number of hydrogen-bond acceptors (Lipinski definition) is 5. The Morgan fingerprint density at radius 3 is 2.57 bits per heavy atom. The number of aliphatic hydroxyl groups excluding tert-OH is 1. The molecular weight excluding hydrogens is 283 g/mol. The van der Waals surface area contributed by atoms with E-state index in [2.05, 4.69) is 0 Å². The molecule has 0 aliphatic carbocycles. The molecule has 1 aromatic carbocycles. The molecule has 1 aromatic rings. The van der Waals surface area contributed by atoms with Crippen LogP contribution in [0.15, 0.2) is 12.1 Å². The number of nitro groups is 1. The molecule has 8 heteroatoms. The molecule has 7 nitrogen and oxygen atoms in total. The highest BCUT2D eigenvalue weighted by Crippen LogP contribution is 2.31. The molecule has 0 saturated carbocycles. The van der Waals surface area contributed by atoms with E-state index in [1.165, 1.54) is 4.90 Å². The van der Waals surface area contributed by atoms with Crippen LogP contribution >= 0.6 is 0 Å². The van der Waals surface area contributed by atoms with E-state index in [4.69, 9.17) is 10.2 Å². The van der Waals surface area contributed by atoms with Gasteiger partial charge in [0.2, 0.25) is 0 Å². The molecule has 0 aliphatic heterocycles. The van der Waals surface area contributed by atoms with Gasteiger partial charge in [0.25, 0.3) is 5.69 Å². The molecular formula is C13H17FN2O5. The number of carboxylic acids is 1. The number of hydrogen-bond donors (Lipinski definition) is 2. The molecule has 0 aliphatic rings. The third kappa shape index (κ3) is 4.12. The number of rotatable bonds is 8. The summed E-state index contributed by atoms with van der Waals surface area (Å²) in [7, 11) is 0. The van der Waals surface area contributed by atoms with Crippen molar-refractivity contribution in [2.24, 2.45) is 0 Å². The molecule has 0 spiro atoms. The molecule has 0 amide bonds. The van der Waals surface area contributed by atoms with E-state index >= 15 is 0 Å². The van der Waals surface area contributed by atoms with E-state index in [-0.39, 0.29) is 18.8 Å². The first-order valence-electron chi connectivity index (χ1n) is 6.49. The van der Waals surface area contributed by atoms with Crippen molar-refractivity contribution in [2.75, 3.05) is 24.6 Å². The van der Waals surface area contributed by atoms with Gasteiger partial charge >= 0.3 is 5.97 Å². The minimum absolute atomic E-state index is 0.00120. The molecule has 0 aromatic heterocycles. The second-order valence-electron chi connectivity index (χ2n) is 4.45. The number of nitro benzene ring substituents is 1. The Kier molecular flexibility index (Phi) is 6.04. The Morgan fingerprint density at radius 1 is 1.43 bits per heavy atom. The number of carbonyl (C=O) groups is 1. The molecule has 0 atom stereocenters. The van der Waals surface area contributed by atoms with Crippen LogP contribution in [0.25, 0.3) is 0 Å². The summed E-state index contributed by atoms with van der Waals surface area (Å²) in [5, 5.41) is 29.0. The Bertz CT molecular complexity index is 536. The minimum atomic E-state index is -1.50. The van der Waals surface area contributed by atoms with Crippen LogP contribution in [0.3, 0.4) is 0 Å². The lowest BCUT2D eigenvalue weighted by Gasteiger charge is -2.23. The fourth-order valence-electron chi connectivity index (χ4n) is 1.94. The van der Waals surface area contributed by atoms with E-state index in [0.717, 1.165) is 12.5 Å². The van der Waals surface area contributed by atoms with E-state index in [9.17, 15) is 19.3 Å². The van der Waals surface area contributed by atoms with Gasteiger partial charge in [-0.3, -0.25) is 10.1 Å². The lowest BCUT2D eigenvalue weighted by Crippen LogP contribution is -2.28. The average molecular weight is 300 g/mol. The molecule has 116 valence electrons. The standard InChI is InChI=1S/C13H17FN2O5/c1-2-3-4-15(5-6-17)11-7-9(13(18)19)10(14)8-12(11)16(20)21/h7-8,17H,2-6H2,1H3,(H,18,19). The SMILES string of the molecule is CCCCN(CCO)c1cc(C(=O)O)c(F)cc1[N+](=O)[O-]. The summed E-state index contributed by atoms with van der Waals surface area (Å²) in [5.74, 6) is -2.65. The second-order valence-corrected chi connectivity index (χ2v) is 4.45. The zero-order valence-electron chi connectivity index (χ0n) is 11.6. The Morgan fingerprint density at radius 2 is 2.10 bits per heavy atom. The smallest absolute Gasteiger partial charge is 0.338 e. The van der Waals surface area contributed by atoms with Crippen molar-refractivity contribution in [1.29, 1.82) is 0 Å². The summed E-state index contributed by atoms with van der Waals surface area (Å²) in [6.07, 6.45) is 1.53. The highest BCUT2D eigenvalue weighted by atomic mass is 19.1. The van der Waals surface area contributed by atoms with Gasteiger partial charge in [0.05, 0.1) is 23.2 Å². The normalized spacial score (nSPS) is 10.4. The molecule has 0 unspecified atom stereocenters. The summed E-state index contributed by atoms with van der Waals surface area (Å²) in [6.45, 7) is 2.19. The lowest BCUT2D eigenvalue weighted by molar-refractivity contribution is -0.384. The van der Waals surface area contributed by atoms with Crippen molar-refractivity contribution < 1.29 is 24.3 Å². The van der Waals surface area contributed by atoms with Crippen molar-refractivity contribution in [3.05, 3.63) is 33.6 Å². The van der Waals surface area contributed by atoms with Crippen LogP contribution in [0, 0.1) is 15.9 Å².